The standard InChI is InChI=1S/C18H27N5O.HI/c1-12(2)17-22-16(24-23-17)8-9-20-18(19-5)21-11-15-7-6-13(3)10-14(15)4;/h6-7,10,12H,8-9,11H2,1-5H3,(H2,19,20,21);1H. The lowest BCUT2D eigenvalue weighted by Gasteiger charge is -2.13. The van der Waals surface area contributed by atoms with Crippen LogP contribution in [-0.4, -0.2) is 29.7 Å². The smallest absolute Gasteiger partial charge is 0.228 e. The van der Waals surface area contributed by atoms with Crippen molar-refractivity contribution < 1.29 is 4.52 Å². The molecular formula is C18H28IN5O. The topological polar surface area (TPSA) is 75.3 Å². The third-order valence-corrected chi connectivity index (χ3v) is 3.80. The molecule has 0 amide bonds. The molecule has 1 aromatic heterocycles. The summed E-state index contributed by atoms with van der Waals surface area (Å²) in [7, 11) is 1.76. The Morgan fingerprint density at radius 1 is 1.24 bits per heavy atom. The monoisotopic (exact) mass is 457 g/mol. The fourth-order valence-corrected chi connectivity index (χ4v) is 2.34. The SMILES string of the molecule is CN=C(NCCc1nc(C(C)C)no1)NCc1ccc(C)cc1C.I. The predicted octanol–water partition coefficient (Wildman–Crippen LogP) is 3.34. The van der Waals surface area contributed by atoms with E-state index in [2.05, 4.69) is 57.8 Å². The van der Waals surface area contributed by atoms with Gasteiger partial charge in [-0.3, -0.25) is 4.99 Å². The second-order valence-corrected chi connectivity index (χ2v) is 6.23. The van der Waals surface area contributed by atoms with Crippen molar-refractivity contribution in [2.75, 3.05) is 13.6 Å². The number of guanidine groups is 1. The summed E-state index contributed by atoms with van der Waals surface area (Å²) in [5.74, 6) is 2.44. The van der Waals surface area contributed by atoms with Gasteiger partial charge < -0.3 is 15.2 Å². The number of nitrogens with zero attached hydrogens (tertiary/aromatic N) is 3. The number of nitrogens with one attached hydrogen (secondary N) is 2. The molecule has 0 fully saturated rings. The number of halogens is 1. The molecule has 7 heteroatoms. The minimum Gasteiger partial charge on any atom is -0.356 e. The van der Waals surface area contributed by atoms with E-state index in [0.29, 0.717) is 18.9 Å². The molecule has 6 nitrogen and oxygen atoms in total. The molecule has 0 aliphatic rings. The third kappa shape index (κ3) is 6.64. The molecule has 0 saturated heterocycles. The molecule has 0 unspecified atom stereocenters. The van der Waals surface area contributed by atoms with Gasteiger partial charge in [0.15, 0.2) is 11.8 Å². The van der Waals surface area contributed by atoms with Crippen LogP contribution in [-0.2, 0) is 13.0 Å². The lowest BCUT2D eigenvalue weighted by atomic mass is 10.1. The summed E-state index contributed by atoms with van der Waals surface area (Å²) in [6.45, 7) is 9.75. The van der Waals surface area contributed by atoms with Crippen LogP contribution in [0.5, 0.6) is 0 Å². The van der Waals surface area contributed by atoms with Crippen molar-refractivity contribution >= 4 is 29.9 Å². The van der Waals surface area contributed by atoms with Gasteiger partial charge in [0.2, 0.25) is 5.89 Å². The summed E-state index contributed by atoms with van der Waals surface area (Å²) in [4.78, 5) is 8.61. The summed E-state index contributed by atoms with van der Waals surface area (Å²) >= 11 is 0. The fraction of sp³-hybridized carbons (Fsp3) is 0.500. The first-order valence-corrected chi connectivity index (χ1v) is 8.32. The molecule has 0 saturated carbocycles. The van der Waals surface area contributed by atoms with Crippen LogP contribution in [0, 0.1) is 13.8 Å². The Morgan fingerprint density at radius 2 is 2.00 bits per heavy atom. The number of aromatic nitrogens is 2. The number of hydrogen-bond donors (Lipinski definition) is 2. The van der Waals surface area contributed by atoms with E-state index in [1.54, 1.807) is 7.05 Å². The van der Waals surface area contributed by atoms with Crippen molar-refractivity contribution in [3.63, 3.8) is 0 Å². The van der Waals surface area contributed by atoms with Gasteiger partial charge in [0.1, 0.15) is 0 Å². The highest BCUT2D eigenvalue weighted by atomic mass is 127. The molecule has 2 rings (SSSR count). The first-order chi connectivity index (χ1) is 11.5. The molecule has 1 aromatic carbocycles. The summed E-state index contributed by atoms with van der Waals surface area (Å²) < 4.78 is 5.24. The van der Waals surface area contributed by atoms with Crippen molar-refractivity contribution in [3.05, 3.63) is 46.6 Å². The van der Waals surface area contributed by atoms with E-state index < -0.39 is 0 Å². The van der Waals surface area contributed by atoms with Crippen molar-refractivity contribution in [2.24, 2.45) is 4.99 Å². The lowest BCUT2D eigenvalue weighted by molar-refractivity contribution is 0.371. The largest absolute Gasteiger partial charge is 0.356 e. The van der Waals surface area contributed by atoms with Crippen LogP contribution in [0.15, 0.2) is 27.7 Å². The van der Waals surface area contributed by atoms with Gasteiger partial charge in [-0.2, -0.15) is 4.98 Å². The summed E-state index contributed by atoms with van der Waals surface area (Å²) in [6, 6.07) is 6.47. The van der Waals surface area contributed by atoms with Gasteiger partial charge in [-0.05, 0) is 25.0 Å². The highest BCUT2D eigenvalue weighted by molar-refractivity contribution is 14.0. The number of aryl methyl sites for hydroxylation is 2. The molecule has 25 heavy (non-hydrogen) atoms. The van der Waals surface area contributed by atoms with Gasteiger partial charge in [-0.1, -0.05) is 42.8 Å². The molecule has 0 aliphatic heterocycles. The molecule has 138 valence electrons. The Balaban J connectivity index is 0.00000312. The van der Waals surface area contributed by atoms with Gasteiger partial charge in [0.25, 0.3) is 0 Å². The Kier molecular flexibility index (Phi) is 8.88. The zero-order chi connectivity index (χ0) is 17.5. The Morgan fingerprint density at radius 3 is 2.60 bits per heavy atom. The molecule has 1 heterocycles. The van der Waals surface area contributed by atoms with Crippen LogP contribution in [0.2, 0.25) is 0 Å². The van der Waals surface area contributed by atoms with E-state index in [0.717, 1.165) is 18.3 Å². The number of benzene rings is 1. The van der Waals surface area contributed by atoms with Gasteiger partial charge in [-0.15, -0.1) is 24.0 Å². The Bertz CT molecular complexity index is 697. The maximum atomic E-state index is 5.24. The lowest BCUT2D eigenvalue weighted by Crippen LogP contribution is -2.38. The Labute approximate surface area is 166 Å². The van der Waals surface area contributed by atoms with E-state index >= 15 is 0 Å². The maximum absolute atomic E-state index is 5.24. The minimum absolute atomic E-state index is 0. The highest BCUT2D eigenvalue weighted by Crippen LogP contribution is 2.10. The van der Waals surface area contributed by atoms with Crippen LogP contribution in [0.3, 0.4) is 0 Å². The Hall–Kier alpha value is -1.64. The van der Waals surface area contributed by atoms with Crippen molar-refractivity contribution in [2.45, 2.75) is 46.6 Å². The molecule has 0 spiro atoms. The molecule has 2 N–H and O–H groups in total. The summed E-state index contributed by atoms with van der Waals surface area (Å²) in [6.07, 6.45) is 0.671. The second-order valence-electron chi connectivity index (χ2n) is 6.23. The van der Waals surface area contributed by atoms with Crippen molar-refractivity contribution in [3.8, 4) is 0 Å². The minimum atomic E-state index is 0. The molecular weight excluding hydrogens is 429 g/mol. The van der Waals surface area contributed by atoms with Crippen LogP contribution in [0.1, 0.15) is 48.2 Å². The van der Waals surface area contributed by atoms with Crippen molar-refractivity contribution in [1.82, 2.24) is 20.8 Å². The molecule has 0 bridgehead atoms. The highest BCUT2D eigenvalue weighted by Gasteiger charge is 2.09. The van der Waals surface area contributed by atoms with Crippen LogP contribution in [0.4, 0.5) is 0 Å². The average molecular weight is 457 g/mol. The molecule has 0 atom stereocenters. The average Bonchev–Trinajstić information content (AvgIpc) is 3.01. The number of hydrogen-bond acceptors (Lipinski definition) is 4. The zero-order valence-corrected chi connectivity index (χ0v) is 17.9. The second kappa shape index (κ2) is 10.4. The predicted molar refractivity (Wildman–Crippen MR) is 112 cm³/mol. The van der Waals surface area contributed by atoms with Gasteiger partial charge in [-0.25, -0.2) is 0 Å². The third-order valence-electron chi connectivity index (χ3n) is 3.80. The van der Waals surface area contributed by atoms with E-state index in [9.17, 15) is 0 Å². The molecule has 2 aromatic rings. The first kappa shape index (κ1) is 21.4. The van der Waals surface area contributed by atoms with E-state index in [1.807, 2.05) is 13.8 Å². The van der Waals surface area contributed by atoms with Gasteiger partial charge >= 0.3 is 0 Å². The van der Waals surface area contributed by atoms with Crippen molar-refractivity contribution in [1.29, 1.82) is 0 Å². The van der Waals surface area contributed by atoms with Gasteiger partial charge in [0, 0.05) is 32.5 Å². The van der Waals surface area contributed by atoms with Crippen LogP contribution >= 0.6 is 24.0 Å². The van der Waals surface area contributed by atoms with Crippen LogP contribution < -0.4 is 10.6 Å². The summed E-state index contributed by atoms with van der Waals surface area (Å²) in [5.41, 5.74) is 3.83. The van der Waals surface area contributed by atoms with E-state index in [-0.39, 0.29) is 29.9 Å². The maximum Gasteiger partial charge on any atom is 0.228 e. The molecule has 0 aliphatic carbocycles. The first-order valence-electron chi connectivity index (χ1n) is 8.32. The number of rotatable bonds is 6. The van der Waals surface area contributed by atoms with E-state index in [4.69, 9.17) is 4.52 Å². The number of aliphatic imine (C=N–C) groups is 1. The zero-order valence-electron chi connectivity index (χ0n) is 15.6. The molecule has 0 radical (unpaired) electrons. The quantitative estimate of drug-likeness (QED) is 0.396. The normalized spacial score (nSPS) is 11.4. The van der Waals surface area contributed by atoms with E-state index in [1.165, 1.54) is 16.7 Å². The van der Waals surface area contributed by atoms with Crippen LogP contribution in [0.25, 0.3) is 0 Å². The van der Waals surface area contributed by atoms with Gasteiger partial charge in [0.05, 0.1) is 0 Å². The fourth-order valence-electron chi connectivity index (χ4n) is 2.34. The summed E-state index contributed by atoms with van der Waals surface area (Å²) in [5, 5.41) is 10.6.